The summed E-state index contributed by atoms with van der Waals surface area (Å²) in [6, 6.07) is 5.14. The van der Waals surface area contributed by atoms with Gasteiger partial charge in [0.2, 0.25) is 11.8 Å². The molecule has 0 atom stereocenters. The number of rotatable bonds is 1. The summed E-state index contributed by atoms with van der Waals surface area (Å²) in [6.45, 7) is 0. The van der Waals surface area contributed by atoms with E-state index in [1.54, 1.807) is 18.2 Å². The maximum Gasteiger partial charge on any atom is 0.233 e. The second kappa shape index (κ2) is 4.71. The van der Waals surface area contributed by atoms with Crippen LogP contribution in [0.2, 0.25) is 5.02 Å². The topological polar surface area (TPSA) is 37.4 Å². The van der Waals surface area contributed by atoms with Gasteiger partial charge in [-0.25, -0.2) is 4.90 Å². The van der Waals surface area contributed by atoms with E-state index in [2.05, 4.69) is 22.6 Å². The van der Waals surface area contributed by atoms with Crippen LogP contribution >= 0.6 is 34.2 Å². The molecule has 1 saturated heterocycles. The Bertz CT molecular complexity index is 445. The van der Waals surface area contributed by atoms with Crippen LogP contribution in [-0.4, -0.2) is 11.8 Å². The molecular formula is C11H9ClINO2. The van der Waals surface area contributed by atoms with Crippen LogP contribution in [0.1, 0.15) is 19.3 Å². The van der Waals surface area contributed by atoms with Crippen LogP contribution in [0.25, 0.3) is 0 Å². The van der Waals surface area contributed by atoms with E-state index in [0.29, 0.717) is 30.0 Å². The molecule has 2 amide bonds. The first kappa shape index (κ1) is 11.9. The summed E-state index contributed by atoms with van der Waals surface area (Å²) in [5, 5.41) is 0.602. The van der Waals surface area contributed by atoms with Crippen molar-refractivity contribution in [1.29, 1.82) is 0 Å². The van der Waals surface area contributed by atoms with Crippen LogP contribution in [0.5, 0.6) is 0 Å². The average molecular weight is 350 g/mol. The van der Waals surface area contributed by atoms with Gasteiger partial charge in [-0.15, -0.1) is 0 Å². The molecule has 1 fully saturated rings. The van der Waals surface area contributed by atoms with Gasteiger partial charge in [0.05, 0.1) is 5.69 Å². The van der Waals surface area contributed by atoms with Crippen LogP contribution in [0.15, 0.2) is 18.2 Å². The number of anilines is 1. The third-order valence-electron chi connectivity index (χ3n) is 2.43. The molecule has 0 N–H and O–H groups in total. The Morgan fingerprint density at radius 3 is 2.38 bits per heavy atom. The quantitative estimate of drug-likeness (QED) is 0.577. The summed E-state index contributed by atoms with van der Waals surface area (Å²) in [7, 11) is 0. The predicted octanol–water partition coefficient (Wildman–Crippen LogP) is 2.99. The fourth-order valence-corrected chi connectivity index (χ4v) is 2.80. The van der Waals surface area contributed by atoms with Crippen molar-refractivity contribution in [3.8, 4) is 0 Å². The summed E-state index contributed by atoms with van der Waals surface area (Å²) in [5.74, 6) is -0.257. The van der Waals surface area contributed by atoms with Gasteiger partial charge in [-0.2, -0.15) is 0 Å². The monoisotopic (exact) mass is 349 g/mol. The molecule has 16 heavy (non-hydrogen) atoms. The van der Waals surface area contributed by atoms with Gasteiger partial charge < -0.3 is 0 Å². The number of halogens is 2. The third kappa shape index (κ3) is 2.22. The van der Waals surface area contributed by atoms with Crippen LogP contribution in [0.4, 0.5) is 5.69 Å². The molecule has 84 valence electrons. The highest BCUT2D eigenvalue weighted by Crippen LogP contribution is 2.29. The zero-order chi connectivity index (χ0) is 11.7. The van der Waals surface area contributed by atoms with Crippen molar-refractivity contribution in [1.82, 2.24) is 0 Å². The standard InChI is InChI=1S/C11H9ClINO2/c12-7-4-5-9(8(13)6-7)14-10(15)2-1-3-11(14)16/h4-6H,1-3H2. The molecule has 0 radical (unpaired) electrons. The first-order chi connectivity index (χ1) is 7.59. The summed E-state index contributed by atoms with van der Waals surface area (Å²) in [6.07, 6.45) is 1.52. The zero-order valence-corrected chi connectivity index (χ0v) is 11.3. The van der Waals surface area contributed by atoms with E-state index in [1.807, 2.05) is 0 Å². The minimum Gasteiger partial charge on any atom is -0.274 e. The molecule has 1 aliphatic heterocycles. The largest absolute Gasteiger partial charge is 0.274 e. The molecule has 0 aliphatic carbocycles. The van der Waals surface area contributed by atoms with E-state index in [4.69, 9.17) is 11.6 Å². The summed E-state index contributed by atoms with van der Waals surface area (Å²) in [4.78, 5) is 24.7. The van der Waals surface area contributed by atoms with Gasteiger partial charge in [-0.05, 0) is 47.2 Å². The van der Waals surface area contributed by atoms with Crippen molar-refractivity contribution >= 4 is 51.7 Å². The Kier molecular flexibility index (Phi) is 3.49. The van der Waals surface area contributed by atoms with Gasteiger partial charge in [0, 0.05) is 21.4 Å². The molecule has 1 aliphatic rings. The van der Waals surface area contributed by atoms with Crippen molar-refractivity contribution in [2.45, 2.75) is 19.3 Å². The van der Waals surface area contributed by atoms with Crippen molar-refractivity contribution in [3.63, 3.8) is 0 Å². The molecule has 0 spiro atoms. The molecule has 1 heterocycles. The number of imide groups is 1. The lowest BCUT2D eigenvalue weighted by atomic mass is 10.1. The van der Waals surface area contributed by atoms with Crippen LogP contribution in [-0.2, 0) is 9.59 Å². The Morgan fingerprint density at radius 1 is 1.19 bits per heavy atom. The summed E-state index contributed by atoms with van der Waals surface area (Å²) >= 11 is 7.91. The molecule has 0 unspecified atom stereocenters. The highest BCUT2D eigenvalue weighted by Gasteiger charge is 2.28. The Hall–Kier alpha value is -0.620. The highest BCUT2D eigenvalue weighted by molar-refractivity contribution is 14.1. The summed E-state index contributed by atoms with van der Waals surface area (Å²) < 4.78 is 0.814. The van der Waals surface area contributed by atoms with Gasteiger partial charge in [0.15, 0.2) is 0 Å². The maximum absolute atomic E-state index is 11.7. The number of nitrogens with zero attached hydrogens (tertiary/aromatic N) is 1. The first-order valence-electron chi connectivity index (χ1n) is 4.90. The molecule has 1 aromatic rings. The van der Waals surface area contributed by atoms with Crippen LogP contribution < -0.4 is 4.90 Å². The van der Waals surface area contributed by atoms with Gasteiger partial charge >= 0.3 is 0 Å². The molecule has 2 rings (SSSR count). The SMILES string of the molecule is O=C1CCCC(=O)N1c1ccc(Cl)cc1I. The van der Waals surface area contributed by atoms with Crippen LogP contribution in [0, 0.1) is 3.57 Å². The fraction of sp³-hybridized carbons (Fsp3) is 0.273. The third-order valence-corrected chi connectivity index (χ3v) is 3.53. The number of hydrogen-bond acceptors (Lipinski definition) is 2. The molecule has 0 bridgehead atoms. The molecule has 1 aromatic carbocycles. The van der Waals surface area contributed by atoms with Gasteiger partial charge in [-0.3, -0.25) is 9.59 Å². The van der Waals surface area contributed by atoms with Gasteiger partial charge in [0.1, 0.15) is 0 Å². The van der Waals surface area contributed by atoms with E-state index in [-0.39, 0.29) is 11.8 Å². The Labute approximate surface area is 112 Å². The number of hydrogen-bond donors (Lipinski definition) is 0. The zero-order valence-electron chi connectivity index (χ0n) is 8.37. The van der Waals surface area contributed by atoms with Crippen LogP contribution in [0.3, 0.4) is 0 Å². The minimum absolute atomic E-state index is 0.128. The Morgan fingerprint density at radius 2 is 1.81 bits per heavy atom. The van der Waals surface area contributed by atoms with Gasteiger partial charge in [-0.1, -0.05) is 11.6 Å². The average Bonchev–Trinajstić information content (AvgIpc) is 2.20. The molecule has 0 saturated carbocycles. The van der Waals surface area contributed by atoms with E-state index in [0.717, 1.165) is 3.57 Å². The second-order valence-electron chi connectivity index (χ2n) is 3.57. The van der Waals surface area contributed by atoms with Gasteiger partial charge in [0.25, 0.3) is 0 Å². The summed E-state index contributed by atoms with van der Waals surface area (Å²) in [5.41, 5.74) is 0.639. The number of carbonyl (C=O) groups excluding carboxylic acids is 2. The second-order valence-corrected chi connectivity index (χ2v) is 5.17. The van der Waals surface area contributed by atoms with Crippen molar-refractivity contribution in [2.75, 3.05) is 4.90 Å². The number of carbonyl (C=O) groups is 2. The van der Waals surface area contributed by atoms with Crippen molar-refractivity contribution in [3.05, 3.63) is 26.8 Å². The molecule has 3 nitrogen and oxygen atoms in total. The predicted molar refractivity (Wildman–Crippen MR) is 70.5 cm³/mol. The van der Waals surface area contributed by atoms with E-state index in [9.17, 15) is 9.59 Å². The first-order valence-corrected chi connectivity index (χ1v) is 6.36. The normalized spacial score (nSPS) is 16.8. The smallest absolute Gasteiger partial charge is 0.233 e. The number of piperidine rings is 1. The molecule has 5 heteroatoms. The van der Waals surface area contributed by atoms with Crippen molar-refractivity contribution in [2.24, 2.45) is 0 Å². The minimum atomic E-state index is -0.128. The maximum atomic E-state index is 11.7. The lowest BCUT2D eigenvalue weighted by Gasteiger charge is -2.25. The highest BCUT2D eigenvalue weighted by atomic mass is 127. The van der Waals surface area contributed by atoms with Crippen molar-refractivity contribution < 1.29 is 9.59 Å². The fourth-order valence-electron chi connectivity index (χ4n) is 1.68. The molecular weight excluding hydrogens is 340 g/mol. The number of benzene rings is 1. The van der Waals surface area contributed by atoms with E-state index < -0.39 is 0 Å². The Balaban J connectivity index is 2.42. The molecule has 0 aromatic heterocycles. The number of amides is 2. The van der Waals surface area contributed by atoms with E-state index >= 15 is 0 Å². The lowest BCUT2D eigenvalue weighted by molar-refractivity contribution is -0.129. The van der Waals surface area contributed by atoms with E-state index in [1.165, 1.54) is 4.90 Å². The lowest BCUT2D eigenvalue weighted by Crippen LogP contribution is -2.40.